The van der Waals surface area contributed by atoms with Crippen molar-refractivity contribution in [2.75, 3.05) is 6.54 Å². The summed E-state index contributed by atoms with van der Waals surface area (Å²) in [5, 5.41) is 14.4. The van der Waals surface area contributed by atoms with Crippen molar-refractivity contribution in [2.24, 2.45) is 34.0 Å². The molecule has 156 valence electrons. The van der Waals surface area contributed by atoms with Crippen LogP contribution in [0.4, 0.5) is 0 Å². The van der Waals surface area contributed by atoms with Gasteiger partial charge in [-0.2, -0.15) is 0 Å². The second-order valence-electron chi connectivity index (χ2n) is 7.31. The molecule has 0 aromatic carbocycles. The molecule has 0 aromatic heterocycles. The molecule has 0 heterocycles. The molecule has 3 atom stereocenters. The maximum atomic E-state index is 12.5. The Morgan fingerprint density at radius 2 is 1.63 bits per heavy atom. The van der Waals surface area contributed by atoms with Crippen LogP contribution in [0.5, 0.6) is 0 Å². The minimum Gasteiger partial charge on any atom is -0.480 e. The third kappa shape index (κ3) is 10.4. The highest BCUT2D eigenvalue weighted by Gasteiger charge is 2.29. The van der Waals surface area contributed by atoms with E-state index >= 15 is 0 Å². The zero-order valence-corrected chi connectivity index (χ0v) is 16.6. The van der Waals surface area contributed by atoms with E-state index in [4.69, 9.17) is 17.2 Å². The highest BCUT2D eigenvalue weighted by Crippen LogP contribution is 2.07. The minimum atomic E-state index is -1.17. The number of carbonyl (C=O) groups is 3. The van der Waals surface area contributed by atoms with Gasteiger partial charge in [-0.1, -0.05) is 27.7 Å². The number of amides is 2. The Labute approximate surface area is 160 Å². The van der Waals surface area contributed by atoms with Crippen molar-refractivity contribution in [1.82, 2.24) is 10.6 Å². The lowest BCUT2D eigenvalue weighted by Gasteiger charge is -2.25. The molecule has 0 unspecified atom stereocenters. The van der Waals surface area contributed by atoms with E-state index in [0.717, 1.165) is 0 Å². The van der Waals surface area contributed by atoms with Gasteiger partial charge in [0.05, 0.1) is 6.04 Å². The lowest BCUT2D eigenvalue weighted by atomic mass is 10.00. The Morgan fingerprint density at radius 3 is 2.07 bits per heavy atom. The van der Waals surface area contributed by atoms with Crippen LogP contribution >= 0.6 is 0 Å². The molecule has 10 heteroatoms. The molecule has 0 bridgehead atoms. The summed E-state index contributed by atoms with van der Waals surface area (Å²) < 4.78 is 0. The van der Waals surface area contributed by atoms with E-state index in [2.05, 4.69) is 15.6 Å². The van der Waals surface area contributed by atoms with Crippen molar-refractivity contribution < 1.29 is 19.5 Å². The van der Waals surface area contributed by atoms with E-state index in [0.29, 0.717) is 12.8 Å². The Morgan fingerprint density at radius 1 is 1.04 bits per heavy atom. The van der Waals surface area contributed by atoms with Crippen LogP contribution in [0, 0.1) is 11.8 Å². The van der Waals surface area contributed by atoms with Gasteiger partial charge in [-0.25, -0.2) is 4.79 Å². The molecule has 27 heavy (non-hydrogen) atoms. The second kappa shape index (κ2) is 12.1. The Bertz CT molecular complexity index is 532. The number of hydrogen-bond acceptors (Lipinski definition) is 5. The number of nitrogens with one attached hydrogen (secondary N) is 2. The normalized spacial score (nSPS) is 14.3. The van der Waals surface area contributed by atoms with Gasteiger partial charge in [0.25, 0.3) is 0 Å². The molecule has 2 amide bonds. The molecule has 0 aliphatic heterocycles. The van der Waals surface area contributed by atoms with E-state index in [1.54, 1.807) is 13.8 Å². The van der Waals surface area contributed by atoms with Crippen molar-refractivity contribution in [2.45, 2.75) is 65.1 Å². The number of hydrogen-bond donors (Lipinski definition) is 6. The molecular weight excluding hydrogens is 352 g/mol. The van der Waals surface area contributed by atoms with Crippen LogP contribution in [0.3, 0.4) is 0 Å². The fourth-order valence-electron chi connectivity index (χ4n) is 2.43. The molecule has 0 spiro atoms. The molecule has 0 radical (unpaired) electrons. The topological polar surface area (TPSA) is 186 Å². The van der Waals surface area contributed by atoms with Crippen LogP contribution in [0.25, 0.3) is 0 Å². The molecule has 0 saturated heterocycles. The molecule has 0 aliphatic carbocycles. The summed E-state index contributed by atoms with van der Waals surface area (Å²) in [6, 6.07) is -2.71. The van der Waals surface area contributed by atoms with Gasteiger partial charge in [-0.05, 0) is 31.1 Å². The predicted molar refractivity (Wildman–Crippen MR) is 104 cm³/mol. The SMILES string of the molecule is CC(C)C[C@H](N)C(=O)N[C@H](C(=O)N[C@@H](CCCN=C(N)N)C(=O)O)C(C)C. The Balaban J connectivity index is 4.89. The summed E-state index contributed by atoms with van der Waals surface area (Å²) in [7, 11) is 0. The average molecular weight is 386 g/mol. The molecular formula is C17H34N6O4. The summed E-state index contributed by atoms with van der Waals surface area (Å²) in [5.41, 5.74) is 16.3. The van der Waals surface area contributed by atoms with Gasteiger partial charge in [0.1, 0.15) is 12.1 Å². The van der Waals surface area contributed by atoms with Crippen molar-refractivity contribution in [3.63, 3.8) is 0 Å². The van der Waals surface area contributed by atoms with E-state index in [9.17, 15) is 19.5 Å². The van der Waals surface area contributed by atoms with Crippen LogP contribution in [0.15, 0.2) is 4.99 Å². The lowest BCUT2D eigenvalue weighted by Crippen LogP contribution is -2.56. The van der Waals surface area contributed by atoms with E-state index in [1.807, 2.05) is 13.8 Å². The first-order valence-electron chi connectivity index (χ1n) is 9.10. The van der Waals surface area contributed by atoms with Crippen molar-refractivity contribution in [3.05, 3.63) is 0 Å². The monoisotopic (exact) mass is 386 g/mol. The molecule has 0 aromatic rings. The quantitative estimate of drug-likeness (QED) is 0.143. The first-order chi connectivity index (χ1) is 12.5. The molecule has 9 N–H and O–H groups in total. The summed E-state index contributed by atoms with van der Waals surface area (Å²) in [6.45, 7) is 7.66. The van der Waals surface area contributed by atoms with Crippen LogP contribution in [-0.4, -0.2) is 53.5 Å². The zero-order valence-electron chi connectivity index (χ0n) is 16.6. The smallest absolute Gasteiger partial charge is 0.326 e. The number of rotatable bonds is 12. The van der Waals surface area contributed by atoms with E-state index in [-0.39, 0.29) is 30.8 Å². The first kappa shape index (κ1) is 24.6. The largest absolute Gasteiger partial charge is 0.480 e. The van der Waals surface area contributed by atoms with Gasteiger partial charge in [0.15, 0.2) is 5.96 Å². The molecule has 0 rings (SSSR count). The number of carboxylic acids is 1. The summed E-state index contributed by atoms with van der Waals surface area (Å²) in [5.74, 6) is -2.25. The van der Waals surface area contributed by atoms with Crippen LogP contribution < -0.4 is 27.8 Å². The van der Waals surface area contributed by atoms with Crippen molar-refractivity contribution in [1.29, 1.82) is 0 Å². The Hall–Kier alpha value is -2.36. The van der Waals surface area contributed by atoms with Crippen molar-refractivity contribution in [3.8, 4) is 0 Å². The zero-order chi connectivity index (χ0) is 21.1. The number of nitrogens with two attached hydrogens (primary N) is 3. The van der Waals surface area contributed by atoms with Crippen LogP contribution in [0.2, 0.25) is 0 Å². The lowest BCUT2D eigenvalue weighted by molar-refractivity contribution is -0.142. The molecule has 10 nitrogen and oxygen atoms in total. The van der Waals surface area contributed by atoms with Gasteiger partial charge >= 0.3 is 5.97 Å². The number of guanidine groups is 1. The average Bonchev–Trinajstić information content (AvgIpc) is 2.53. The predicted octanol–water partition coefficient (Wildman–Crippen LogP) is -0.876. The van der Waals surface area contributed by atoms with Gasteiger partial charge in [0.2, 0.25) is 11.8 Å². The van der Waals surface area contributed by atoms with Crippen LogP contribution in [0.1, 0.15) is 47.0 Å². The minimum absolute atomic E-state index is 0.0776. The van der Waals surface area contributed by atoms with Gasteiger partial charge < -0.3 is 32.9 Å². The number of nitrogens with zero attached hydrogens (tertiary/aromatic N) is 1. The summed E-state index contributed by atoms with van der Waals surface area (Å²) >= 11 is 0. The second-order valence-corrected chi connectivity index (χ2v) is 7.31. The highest BCUT2D eigenvalue weighted by atomic mass is 16.4. The Kier molecular flexibility index (Phi) is 11.0. The number of aliphatic carboxylic acids is 1. The fourth-order valence-corrected chi connectivity index (χ4v) is 2.43. The fraction of sp³-hybridized carbons (Fsp3) is 0.765. The standard InChI is InChI=1S/C17H34N6O4/c1-9(2)8-11(18)14(24)23-13(10(3)4)15(25)22-12(16(26)27)6-5-7-21-17(19)20/h9-13H,5-8,18H2,1-4H3,(H,22,25)(H,23,24)(H,26,27)(H4,19,20,21)/t11-,12-,13-/m0/s1. The van der Waals surface area contributed by atoms with E-state index in [1.165, 1.54) is 0 Å². The maximum Gasteiger partial charge on any atom is 0.326 e. The van der Waals surface area contributed by atoms with E-state index < -0.39 is 35.9 Å². The third-order valence-corrected chi connectivity index (χ3v) is 3.87. The maximum absolute atomic E-state index is 12.5. The van der Waals surface area contributed by atoms with Crippen LogP contribution in [-0.2, 0) is 14.4 Å². The van der Waals surface area contributed by atoms with Gasteiger partial charge in [0, 0.05) is 6.54 Å². The highest BCUT2D eigenvalue weighted by molar-refractivity contribution is 5.91. The number of aliphatic imine (C=N–C) groups is 1. The number of carbonyl (C=O) groups excluding carboxylic acids is 2. The summed E-state index contributed by atoms with van der Waals surface area (Å²) in [6.07, 6.45) is 1.03. The molecule has 0 fully saturated rings. The summed E-state index contributed by atoms with van der Waals surface area (Å²) in [4.78, 5) is 39.9. The first-order valence-corrected chi connectivity index (χ1v) is 9.10. The van der Waals surface area contributed by atoms with Gasteiger partial charge in [-0.3, -0.25) is 14.6 Å². The molecule has 0 aliphatic rings. The third-order valence-electron chi connectivity index (χ3n) is 3.87. The van der Waals surface area contributed by atoms with Crippen molar-refractivity contribution >= 4 is 23.7 Å². The molecule has 0 saturated carbocycles. The van der Waals surface area contributed by atoms with Gasteiger partial charge in [-0.15, -0.1) is 0 Å². The number of carboxylic acid groups (broad SMARTS) is 1.